The average Bonchev–Trinajstić information content (AvgIpc) is 2.91. The van der Waals surface area contributed by atoms with Gasteiger partial charge in [0.2, 0.25) is 0 Å². The second-order valence-corrected chi connectivity index (χ2v) is 7.39. The van der Waals surface area contributed by atoms with E-state index in [0.717, 1.165) is 33.9 Å². The Balaban J connectivity index is 1.20. The minimum Gasteiger partial charge on any atom is -0.334 e. The SMILES string of the molecule is O=C(NCc1ccc(N=Cc2ccccn2)cc1)NCc1ccc(N=Cc2ccccn2)cc1. The smallest absolute Gasteiger partial charge is 0.315 e. The molecule has 2 heterocycles. The number of carbonyl (C=O) groups excluding carboxylic acids is 1. The van der Waals surface area contributed by atoms with Crippen LogP contribution in [0.1, 0.15) is 22.5 Å². The van der Waals surface area contributed by atoms with Gasteiger partial charge >= 0.3 is 6.03 Å². The minimum atomic E-state index is -0.227. The number of aromatic nitrogens is 2. The monoisotopic (exact) mass is 448 g/mol. The van der Waals surface area contributed by atoms with E-state index in [-0.39, 0.29) is 6.03 Å². The highest BCUT2D eigenvalue weighted by atomic mass is 16.2. The van der Waals surface area contributed by atoms with Gasteiger partial charge in [-0.25, -0.2) is 4.79 Å². The summed E-state index contributed by atoms with van der Waals surface area (Å²) in [6.07, 6.45) is 6.91. The molecule has 0 bridgehead atoms. The largest absolute Gasteiger partial charge is 0.334 e. The second-order valence-electron chi connectivity index (χ2n) is 7.39. The third kappa shape index (κ3) is 7.20. The van der Waals surface area contributed by atoms with Crippen molar-refractivity contribution >= 4 is 29.8 Å². The van der Waals surface area contributed by atoms with E-state index in [0.29, 0.717) is 13.1 Å². The number of hydrogen-bond acceptors (Lipinski definition) is 5. The molecule has 0 radical (unpaired) electrons. The van der Waals surface area contributed by atoms with Crippen LogP contribution in [0.4, 0.5) is 16.2 Å². The molecule has 0 aliphatic heterocycles. The number of amides is 2. The van der Waals surface area contributed by atoms with Crippen molar-refractivity contribution in [1.82, 2.24) is 20.6 Å². The fourth-order valence-electron chi connectivity index (χ4n) is 3.01. The van der Waals surface area contributed by atoms with E-state index in [1.807, 2.05) is 84.9 Å². The maximum absolute atomic E-state index is 12.2. The van der Waals surface area contributed by atoms with E-state index >= 15 is 0 Å². The van der Waals surface area contributed by atoms with Crippen LogP contribution in [0, 0.1) is 0 Å². The Labute approximate surface area is 198 Å². The molecule has 0 spiro atoms. The molecule has 0 saturated heterocycles. The van der Waals surface area contributed by atoms with Gasteiger partial charge in [-0.15, -0.1) is 0 Å². The highest BCUT2D eigenvalue weighted by Crippen LogP contribution is 2.14. The molecule has 34 heavy (non-hydrogen) atoms. The van der Waals surface area contributed by atoms with Crippen molar-refractivity contribution in [2.75, 3.05) is 0 Å². The molecule has 2 amide bonds. The van der Waals surface area contributed by atoms with Crippen LogP contribution in [0.2, 0.25) is 0 Å². The van der Waals surface area contributed by atoms with Gasteiger partial charge in [0.25, 0.3) is 0 Å². The minimum absolute atomic E-state index is 0.227. The Morgan fingerprint density at radius 2 is 1.09 bits per heavy atom. The van der Waals surface area contributed by atoms with Gasteiger partial charge in [0, 0.05) is 25.5 Å². The molecular weight excluding hydrogens is 424 g/mol. The van der Waals surface area contributed by atoms with Crippen LogP contribution in [-0.4, -0.2) is 28.4 Å². The van der Waals surface area contributed by atoms with Gasteiger partial charge in [-0.3, -0.25) is 20.0 Å². The lowest BCUT2D eigenvalue weighted by Gasteiger charge is -2.08. The van der Waals surface area contributed by atoms with E-state index in [1.54, 1.807) is 24.8 Å². The van der Waals surface area contributed by atoms with Crippen LogP contribution >= 0.6 is 0 Å². The summed E-state index contributed by atoms with van der Waals surface area (Å²) in [6, 6.07) is 26.5. The Kier molecular flexibility index (Phi) is 7.84. The second kappa shape index (κ2) is 11.8. The Hall–Kier alpha value is -4.65. The van der Waals surface area contributed by atoms with Crippen molar-refractivity contribution in [3.63, 3.8) is 0 Å². The number of urea groups is 1. The lowest BCUT2D eigenvalue weighted by atomic mass is 10.2. The molecule has 168 valence electrons. The Morgan fingerprint density at radius 3 is 1.47 bits per heavy atom. The first-order valence-corrected chi connectivity index (χ1v) is 10.8. The molecule has 4 rings (SSSR count). The third-order valence-electron chi connectivity index (χ3n) is 4.85. The highest BCUT2D eigenvalue weighted by molar-refractivity contribution is 5.80. The molecule has 0 aliphatic carbocycles. The van der Waals surface area contributed by atoms with Gasteiger partial charge in [-0.2, -0.15) is 0 Å². The number of hydrogen-bond donors (Lipinski definition) is 2. The molecule has 0 fully saturated rings. The van der Waals surface area contributed by atoms with Gasteiger partial charge in [-0.05, 0) is 59.7 Å². The van der Waals surface area contributed by atoms with Crippen LogP contribution in [0.15, 0.2) is 107 Å². The first-order valence-electron chi connectivity index (χ1n) is 10.8. The molecule has 0 unspecified atom stereocenters. The standard InChI is InChI=1S/C27H24N6O/c34-27(32-17-21-7-11-23(12-8-21)30-19-25-5-1-3-15-28-25)33-18-22-9-13-24(14-10-22)31-20-26-6-2-4-16-29-26/h1-16,19-20H,17-18H2,(H2,32,33,34). The van der Waals surface area contributed by atoms with Gasteiger partial charge in [-0.1, -0.05) is 36.4 Å². The van der Waals surface area contributed by atoms with Crippen molar-refractivity contribution in [3.05, 3.63) is 120 Å². The van der Waals surface area contributed by atoms with Crippen molar-refractivity contribution in [3.8, 4) is 0 Å². The number of pyridine rings is 2. The van der Waals surface area contributed by atoms with Crippen molar-refractivity contribution in [2.45, 2.75) is 13.1 Å². The lowest BCUT2D eigenvalue weighted by Crippen LogP contribution is -2.34. The Bertz CT molecular complexity index is 1140. The number of aliphatic imine (C=N–C) groups is 2. The van der Waals surface area contributed by atoms with E-state index in [2.05, 4.69) is 30.6 Å². The van der Waals surface area contributed by atoms with Crippen LogP contribution in [0.5, 0.6) is 0 Å². The number of benzene rings is 2. The predicted octanol–water partition coefficient (Wildman–Crippen LogP) is 4.98. The van der Waals surface area contributed by atoms with Crippen molar-refractivity contribution in [2.24, 2.45) is 9.98 Å². The topological polar surface area (TPSA) is 91.6 Å². The molecular formula is C27H24N6O. The summed E-state index contributed by atoms with van der Waals surface area (Å²) in [5, 5.41) is 5.73. The molecule has 0 aliphatic rings. The van der Waals surface area contributed by atoms with Gasteiger partial charge in [0.15, 0.2) is 0 Å². The molecule has 2 aromatic carbocycles. The fraction of sp³-hybridized carbons (Fsp3) is 0.0741. The molecule has 7 nitrogen and oxygen atoms in total. The summed E-state index contributed by atoms with van der Waals surface area (Å²) in [5.74, 6) is 0. The highest BCUT2D eigenvalue weighted by Gasteiger charge is 2.02. The van der Waals surface area contributed by atoms with E-state index in [4.69, 9.17) is 0 Å². The normalized spacial score (nSPS) is 11.1. The van der Waals surface area contributed by atoms with Crippen LogP contribution in [-0.2, 0) is 13.1 Å². The first kappa shape index (κ1) is 22.5. The summed E-state index contributed by atoms with van der Waals surface area (Å²) in [7, 11) is 0. The molecule has 2 N–H and O–H groups in total. The first-order chi connectivity index (χ1) is 16.7. The van der Waals surface area contributed by atoms with Crippen LogP contribution in [0.3, 0.4) is 0 Å². The van der Waals surface area contributed by atoms with E-state index in [9.17, 15) is 4.79 Å². The molecule has 7 heteroatoms. The Morgan fingerprint density at radius 1 is 0.647 bits per heavy atom. The summed E-state index contributed by atoms with van der Waals surface area (Å²) in [4.78, 5) is 29.4. The average molecular weight is 449 g/mol. The summed E-state index contributed by atoms with van der Waals surface area (Å²) >= 11 is 0. The zero-order valence-electron chi connectivity index (χ0n) is 18.5. The summed E-state index contributed by atoms with van der Waals surface area (Å²) < 4.78 is 0. The molecule has 4 aromatic rings. The maximum Gasteiger partial charge on any atom is 0.315 e. The van der Waals surface area contributed by atoms with E-state index < -0.39 is 0 Å². The van der Waals surface area contributed by atoms with Gasteiger partial charge in [0.1, 0.15) is 0 Å². The number of nitrogens with zero attached hydrogens (tertiary/aromatic N) is 4. The number of rotatable bonds is 8. The van der Waals surface area contributed by atoms with Gasteiger partial charge in [0.05, 0.1) is 35.2 Å². The fourth-order valence-corrected chi connectivity index (χ4v) is 3.01. The lowest BCUT2D eigenvalue weighted by molar-refractivity contribution is 0.240. The van der Waals surface area contributed by atoms with E-state index in [1.165, 1.54) is 0 Å². The van der Waals surface area contributed by atoms with Crippen LogP contribution in [0.25, 0.3) is 0 Å². The molecule has 2 aromatic heterocycles. The summed E-state index contributed by atoms with van der Waals surface area (Å²) in [6.45, 7) is 0.856. The zero-order valence-corrected chi connectivity index (χ0v) is 18.5. The molecule has 0 saturated carbocycles. The molecule has 0 atom stereocenters. The van der Waals surface area contributed by atoms with Crippen molar-refractivity contribution < 1.29 is 4.79 Å². The quantitative estimate of drug-likeness (QED) is 0.373. The number of nitrogens with one attached hydrogen (secondary N) is 2. The zero-order chi connectivity index (χ0) is 23.4. The summed E-state index contributed by atoms with van der Waals surface area (Å²) in [5.41, 5.74) is 5.23. The van der Waals surface area contributed by atoms with Crippen LogP contribution < -0.4 is 10.6 Å². The maximum atomic E-state index is 12.2. The number of carbonyl (C=O) groups is 1. The predicted molar refractivity (Wildman–Crippen MR) is 135 cm³/mol. The third-order valence-corrected chi connectivity index (χ3v) is 4.85. The van der Waals surface area contributed by atoms with Gasteiger partial charge < -0.3 is 10.6 Å². The van der Waals surface area contributed by atoms with Crippen molar-refractivity contribution in [1.29, 1.82) is 0 Å².